The van der Waals surface area contributed by atoms with E-state index in [1.165, 1.54) is 26.4 Å². The average molecular weight is 217 g/mol. The third kappa shape index (κ3) is 2.85. The monoisotopic (exact) mass is 217 g/mol. The molecule has 0 spiro atoms. The molecule has 0 fully saturated rings. The predicted octanol–water partition coefficient (Wildman–Crippen LogP) is 1.75. The van der Waals surface area contributed by atoms with E-state index in [0.29, 0.717) is 16.9 Å². The molecular weight excluding hydrogens is 206 g/mol. The molecule has 0 heterocycles. The molecule has 82 valence electrons. The van der Waals surface area contributed by atoms with Crippen molar-refractivity contribution in [3.63, 3.8) is 0 Å². The molecule has 0 aliphatic heterocycles. The van der Waals surface area contributed by atoms with Crippen molar-refractivity contribution in [2.75, 3.05) is 14.2 Å². The molecule has 4 nitrogen and oxygen atoms in total. The zero-order valence-electron chi connectivity index (χ0n) is 9.06. The fraction of sp³-hybridized carbons (Fsp3) is 0.167. The van der Waals surface area contributed by atoms with Gasteiger partial charge >= 0.3 is 5.97 Å². The predicted molar refractivity (Wildman–Crippen MR) is 58.8 cm³/mol. The van der Waals surface area contributed by atoms with Gasteiger partial charge in [0.25, 0.3) is 0 Å². The summed E-state index contributed by atoms with van der Waals surface area (Å²) in [5, 5.41) is 8.91. The van der Waals surface area contributed by atoms with Gasteiger partial charge in [0.1, 0.15) is 5.75 Å². The molecule has 0 radical (unpaired) electrons. The van der Waals surface area contributed by atoms with Crippen LogP contribution < -0.4 is 4.74 Å². The van der Waals surface area contributed by atoms with E-state index in [2.05, 4.69) is 4.74 Å². The molecule has 0 saturated heterocycles. The Kier molecular flexibility index (Phi) is 4.10. The van der Waals surface area contributed by atoms with E-state index in [1.807, 2.05) is 6.07 Å². The maximum absolute atomic E-state index is 10.9. The van der Waals surface area contributed by atoms with Gasteiger partial charge in [0.2, 0.25) is 0 Å². The molecule has 0 aliphatic rings. The summed E-state index contributed by atoms with van der Waals surface area (Å²) in [6, 6.07) is 7.06. The number of nitrogens with zero attached hydrogens (tertiary/aromatic N) is 1. The number of carbonyl (C=O) groups is 1. The van der Waals surface area contributed by atoms with Crippen LogP contribution in [0.3, 0.4) is 0 Å². The lowest BCUT2D eigenvalue weighted by molar-refractivity contribution is -0.134. The smallest absolute Gasteiger partial charge is 0.330 e. The first-order chi connectivity index (χ1) is 7.71. The number of hydrogen-bond donors (Lipinski definition) is 0. The maximum Gasteiger partial charge on any atom is 0.330 e. The van der Waals surface area contributed by atoms with Crippen LogP contribution in [0.4, 0.5) is 0 Å². The lowest BCUT2D eigenvalue weighted by Crippen LogP contribution is -1.94. The second kappa shape index (κ2) is 5.56. The Balaban J connectivity index is 3.02. The topological polar surface area (TPSA) is 59.3 Å². The largest absolute Gasteiger partial charge is 0.497 e. The van der Waals surface area contributed by atoms with Crippen molar-refractivity contribution in [1.82, 2.24) is 0 Å². The lowest BCUT2D eigenvalue weighted by atomic mass is 10.1. The Bertz CT molecular complexity index is 458. The standard InChI is InChI=1S/C12H11NO3/c1-15-11-5-3-9(10(7-11)8-13)4-6-12(14)16-2/h3-7H,1-2H3/b6-4+. The quantitative estimate of drug-likeness (QED) is 0.571. The van der Waals surface area contributed by atoms with Gasteiger partial charge in [-0.2, -0.15) is 5.26 Å². The Morgan fingerprint density at radius 2 is 2.19 bits per heavy atom. The van der Waals surface area contributed by atoms with Gasteiger partial charge in [0.05, 0.1) is 25.9 Å². The van der Waals surface area contributed by atoms with E-state index in [9.17, 15) is 4.79 Å². The summed E-state index contributed by atoms with van der Waals surface area (Å²) in [5.74, 6) is 0.145. The minimum Gasteiger partial charge on any atom is -0.497 e. The zero-order chi connectivity index (χ0) is 12.0. The number of hydrogen-bond acceptors (Lipinski definition) is 4. The maximum atomic E-state index is 10.9. The number of methoxy groups -OCH3 is 2. The molecule has 0 unspecified atom stereocenters. The van der Waals surface area contributed by atoms with Gasteiger partial charge in [-0.25, -0.2) is 4.79 Å². The summed E-state index contributed by atoms with van der Waals surface area (Å²) in [6.07, 6.45) is 2.80. The SMILES string of the molecule is COC(=O)/C=C/c1ccc(OC)cc1C#N. The van der Waals surface area contributed by atoms with Crippen molar-refractivity contribution < 1.29 is 14.3 Å². The van der Waals surface area contributed by atoms with Crippen LogP contribution in [-0.4, -0.2) is 20.2 Å². The molecule has 0 saturated carbocycles. The van der Waals surface area contributed by atoms with Gasteiger partial charge in [-0.05, 0) is 29.8 Å². The van der Waals surface area contributed by atoms with Crippen molar-refractivity contribution >= 4 is 12.0 Å². The van der Waals surface area contributed by atoms with Gasteiger partial charge in [0.15, 0.2) is 0 Å². The third-order valence-electron chi connectivity index (χ3n) is 1.98. The van der Waals surface area contributed by atoms with Crippen LogP contribution >= 0.6 is 0 Å². The highest BCUT2D eigenvalue weighted by Gasteiger charge is 2.01. The number of nitriles is 1. The zero-order valence-corrected chi connectivity index (χ0v) is 9.06. The number of carbonyl (C=O) groups excluding carboxylic acids is 1. The summed E-state index contributed by atoms with van der Waals surface area (Å²) in [6.45, 7) is 0. The van der Waals surface area contributed by atoms with Crippen molar-refractivity contribution in [2.45, 2.75) is 0 Å². The van der Waals surface area contributed by atoms with Gasteiger partial charge in [-0.3, -0.25) is 0 Å². The summed E-state index contributed by atoms with van der Waals surface area (Å²) in [7, 11) is 2.83. The molecule has 1 aromatic carbocycles. The van der Waals surface area contributed by atoms with Gasteiger partial charge in [0, 0.05) is 6.08 Å². The average Bonchev–Trinajstić information content (AvgIpc) is 2.35. The normalized spacial score (nSPS) is 9.81. The van der Waals surface area contributed by atoms with Crippen molar-refractivity contribution in [3.05, 3.63) is 35.4 Å². The first-order valence-corrected chi connectivity index (χ1v) is 4.55. The fourth-order valence-corrected chi connectivity index (χ4v) is 1.13. The number of esters is 1. The molecule has 0 aliphatic carbocycles. The number of benzene rings is 1. The van der Waals surface area contributed by atoms with Crippen molar-refractivity contribution in [1.29, 1.82) is 5.26 Å². The van der Waals surface area contributed by atoms with Crippen LogP contribution in [0.25, 0.3) is 6.08 Å². The van der Waals surface area contributed by atoms with Gasteiger partial charge in [-0.15, -0.1) is 0 Å². The highest BCUT2D eigenvalue weighted by Crippen LogP contribution is 2.18. The van der Waals surface area contributed by atoms with E-state index in [0.717, 1.165) is 0 Å². The summed E-state index contributed by atoms with van der Waals surface area (Å²) >= 11 is 0. The highest BCUT2D eigenvalue weighted by atomic mass is 16.5. The van der Waals surface area contributed by atoms with Gasteiger partial charge in [-0.1, -0.05) is 0 Å². The van der Waals surface area contributed by atoms with Crippen LogP contribution in [0, 0.1) is 11.3 Å². The molecule has 0 N–H and O–H groups in total. The lowest BCUT2D eigenvalue weighted by Gasteiger charge is -2.02. The second-order valence-corrected chi connectivity index (χ2v) is 2.92. The first-order valence-electron chi connectivity index (χ1n) is 4.55. The Hall–Kier alpha value is -2.28. The highest BCUT2D eigenvalue weighted by molar-refractivity contribution is 5.87. The molecule has 0 amide bonds. The minimum absolute atomic E-state index is 0.444. The third-order valence-corrected chi connectivity index (χ3v) is 1.98. The summed E-state index contributed by atoms with van der Waals surface area (Å²) in [5.41, 5.74) is 1.09. The molecule has 0 bridgehead atoms. The minimum atomic E-state index is -0.459. The fourth-order valence-electron chi connectivity index (χ4n) is 1.13. The molecule has 4 heteroatoms. The number of rotatable bonds is 3. The molecular formula is C12H11NO3. The van der Waals surface area contributed by atoms with Crippen molar-refractivity contribution in [3.8, 4) is 11.8 Å². The van der Waals surface area contributed by atoms with E-state index in [1.54, 1.807) is 18.2 Å². The van der Waals surface area contributed by atoms with Crippen LogP contribution in [-0.2, 0) is 9.53 Å². The van der Waals surface area contributed by atoms with E-state index in [-0.39, 0.29) is 0 Å². The van der Waals surface area contributed by atoms with Gasteiger partial charge < -0.3 is 9.47 Å². The summed E-state index contributed by atoms with van der Waals surface area (Å²) < 4.78 is 9.45. The van der Waals surface area contributed by atoms with Crippen LogP contribution in [0.5, 0.6) is 5.75 Å². The Labute approximate surface area is 93.7 Å². The Morgan fingerprint density at radius 3 is 2.75 bits per heavy atom. The van der Waals surface area contributed by atoms with Crippen LogP contribution in [0.2, 0.25) is 0 Å². The van der Waals surface area contributed by atoms with E-state index >= 15 is 0 Å². The molecule has 0 aromatic heterocycles. The second-order valence-electron chi connectivity index (χ2n) is 2.92. The molecule has 1 aromatic rings. The molecule has 0 atom stereocenters. The van der Waals surface area contributed by atoms with Crippen LogP contribution in [0.1, 0.15) is 11.1 Å². The van der Waals surface area contributed by atoms with E-state index < -0.39 is 5.97 Å². The molecule has 16 heavy (non-hydrogen) atoms. The first kappa shape index (κ1) is 11.8. The van der Waals surface area contributed by atoms with Crippen molar-refractivity contribution in [2.24, 2.45) is 0 Å². The summed E-state index contributed by atoms with van der Waals surface area (Å²) in [4.78, 5) is 10.9. The Morgan fingerprint density at radius 1 is 1.44 bits per heavy atom. The molecule has 1 rings (SSSR count). The number of ether oxygens (including phenoxy) is 2. The van der Waals surface area contributed by atoms with Crippen LogP contribution in [0.15, 0.2) is 24.3 Å². The van der Waals surface area contributed by atoms with E-state index in [4.69, 9.17) is 10.00 Å².